The number of hydrogen-bond donors (Lipinski definition) is 0. The number of amides is 1. The highest BCUT2D eigenvalue weighted by Gasteiger charge is 2.33. The fraction of sp³-hybridized carbons (Fsp3) is 0.450. The third-order valence-electron chi connectivity index (χ3n) is 5.40. The van der Waals surface area contributed by atoms with Gasteiger partial charge in [0.1, 0.15) is 5.00 Å². The molecule has 0 saturated heterocycles. The number of rotatable bonds is 2. The second kappa shape index (κ2) is 6.34. The molecule has 3 nitrogen and oxygen atoms in total. The van der Waals surface area contributed by atoms with Crippen molar-refractivity contribution in [3.8, 4) is 0 Å². The van der Waals surface area contributed by atoms with Gasteiger partial charge in [0.15, 0.2) is 0 Å². The van der Waals surface area contributed by atoms with E-state index in [1.165, 1.54) is 52.3 Å². The van der Waals surface area contributed by atoms with Gasteiger partial charge in [-0.05, 0) is 43.7 Å². The molecule has 24 heavy (non-hydrogen) atoms. The summed E-state index contributed by atoms with van der Waals surface area (Å²) >= 11 is 1.86. The van der Waals surface area contributed by atoms with Crippen LogP contribution in [-0.2, 0) is 24.2 Å². The van der Waals surface area contributed by atoms with E-state index in [0.717, 1.165) is 6.54 Å². The summed E-state index contributed by atoms with van der Waals surface area (Å²) in [6, 6.07) is 10.9. The first-order valence-corrected chi connectivity index (χ1v) is 9.67. The summed E-state index contributed by atoms with van der Waals surface area (Å²) in [5.74, 6) is 0.153. The molecule has 1 aliphatic heterocycles. The number of hydrogen-bond acceptors (Lipinski definition) is 3. The largest absolute Gasteiger partial charge is 0.290 e. The summed E-state index contributed by atoms with van der Waals surface area (Å²) in [4.78, 5) is 18.2. The van der Waals surface area contributed by atoms with Gasteiger partial charge in [-0.25, -0.2) is 0 Å². The number of aryl methyl sites for hydroxylation is 1. The van der Waals surface area contributed by atoms with E-state index in [1.807, 2.05) is 16.2 Å². The molecule has 2 aromatic rings. The number of benzene rings is 1. The van der Waals surface area contributed by atoms with Crippen molar-refractivity contribution < 1.29 is 4.79 Å². The average Bonchev–Trinajstić information content (AvgIpc) is 2.99. The first kappa shape index (κ1) is 15.9. The topological polar surface area (TPSA) is 23.6 Å². The SMILES string of the molecule is CC(=O)N1CN([C@H](C)c2ccccc2)Cc2c1sc1c2CCCC1. The number of nitrogens with zero attached hydrogens (tertiary/aromatic N) is 2. The van der Waals surface area contributed by atoms with Crippen molar-refractivity contribution in [1.29, 1.82) is 0 Å². The first-order valence-electron chi connectivity index (χ1n) is 8.85. The van der Waals surface area contributed by atoms with E-state index in [4.69, 9.17) is 0 Å². The zero-order valence-corrected chi connectivity index (χ0v) is 15.2. The van der Waals surface area contributed by atoms with E-state index in [9.17, 15) is 4.79 Å². The van der Waals surface area contributed by atoms with Crippen LogP contribution in [0.1, 0.15) is 54.3 Å². The van der Waals surface area contributed by atoms with Gasteiger partial charge in [-0.3, -0.25) is 14.6 Å². The van der Waals surface area contributed by atoms with Crippen LogP contribution in [-0.4, -0.2) is 17.5 Å². The standard InChI is InChI=1S/C20H24N2OS/c1-14(16-8-4-3-5-9-16)21-12-18-17-10-6-7-11-19(17)24-20(18)22(13-21)15(2)23/h3-5,8-9,14H,6-7,10-13H2,1-2H3/t14-/m1/s1. The predicted octanol–water partition coefficient (Wildman–Crippen LogP) is 4.51. The van der Waals surface area contributed by atoms with Crippen LogP contribution < -0.4 is 4.90 Å². The lowest BCUT2D eigenvalue weighted by atomic mass is 9.94. The highest BCUT2D eigenvalue weighted by atomic mass is 32.1. The summed E-state index contributed by atoms with van der Waals surface area (Å²) in [6.07, 6.45) is 4.94. The Labute approximate surface area is 147 Å². The predicted molar refractivity (Wildman–Crippen MR) is 99.4 cm³/mol. The number of thiophene rings is 1. The Hall–Kier alpha value is -1.65. The highest BCUT2D eigenvalue weighted by Crippen LogP contribution is 2.44. The minimum absolute atomic E-state index is 0.153. The van der Waals surface area contributed by atoms with E-state index in [-0.39, 0.29) is 5.91 Å². The molecule has 0 saturated carbocycles. The zero-order chi connectivity index (χ0) is 16.7. The van der Waals surface area contributed by atoms with Crippen molar-refractivity contribution in [3.63, 3.8) is 0 Å². The smallest absolute Gasteiger partial charge is 0.225 e. The summed E-state index contributed by atoms with van der Waals surface area (Å²) < 4.78 is 0. The normalized spacial score (nSPS) is 18.8. The maximum atomic E-state index is 12.3. The summed E-state index contributed by atoms with van der Waals surface area (Å²) in [5, 5.41) is 1.21. The number of carbonyl (C=O) groups excluding carboxylic acids is 1. The lowest BCUT2D eigenvalue weighted by molar-refractivity contribution is -0.117. The fourth-order valence-electron chi connectivity index (χ4n) is 3.94. The lowest BCUT2D eigenvalue weighted by Crippen LogP contribution is -2.45. The van der Waals surface area contributed by atoms with Gasteiger partial charge in [0.25, 0.3) is 0 Å². The maximum Gasteiger partial charge on any atom is 0.225 e. The van der Waals surface area contributed by atoms with Crippen LogP contribution in [0, 0.1) is 0 Å². The van der Waals surface area contributed by atoms with Crippen molar-refractivity contribution in [2.75, 3.05) is 11.6 Å². The average molecular weight is 340 g/mol. The maximum absolute atomic E-state index is 12.3. The molecule has 0 fully saturated rings. The van der Waals surface area contributed by atoms with Gasteiger partial charge in [-0.2, -0.15) is 0 Å². The number of carbonyl (C=O) groups is 1. The van der Waals surface area contributed by atoms with E-state index in [2.05, 4.69) is 42.2 Å². The second-order valence-electron chi connectivity index (χ2n) is 6.92. The Balaban J connectivity index is 1.71. The summed E-state index contributed by atoms with van der Waals surface area (Å²) in [7, 11) is 0. The van der Waals surface area contributed by atoms with Crippen LogP contribution in [0.25, 0.3) is 0 Å². The molecule has 0 radical (unpaired) electrons. The third kappa shape index (κ3) is 2.68. The van der Waals surface area contributed by atoms with Crippen molar-refractivity contribution in [1.82, 2.24) is 4.90 Å². The van der Waals surface area contributed by atoms with Gasteiger partial charge in [-0.15, -0.1) is 11.3 Å². The molecule has 2 aliphatic rings. The molecular weight excluding hydrogens is 316 g/mol. The highest BCUT2D eigenvalue weighted by molar-refractivity contribution is 7.16. The van der Waals surface area contributed by atoms with E-state index < -0.39 is 0 Å². The quantitative estimate of drug-likeness (QED) is 0.803. The molecule has 126 valence electrons. The third-order valence-corrected chi connectivity index (χ3v) is 6.76. The molecule has 0 unspecified atom stereocenters. The monoisotopic (exact) mass is 340 g/mol. The molecule has 1 atom stereocenters. The van der Waals surface area contributed by atoms with Gasteiger partial charge in [0.05, 0.1) is 6.67 Å². The Bertz CT molecular complexity index is 752. The molecule has 1 aromatic carbocycles. The molecule has 2 heterocycles. The molecule has 4 rings (SSSR count). The second-order valence-corrected chi connectivity index (χ2v) is 8.00. The zero-order valence-electron chi connectivity index (χ0n) is 14.4. The number of fused-ring (bicyclic) bond motifs is 3. The Kier molecular flexibility index (Phi) is 4.19. The van der Waals surface area contributed by atoms with Crippen LogP contribution in [0.2, 0.25) is 0 Å². The molecule has 1 aromatic heterocycles. The molecule has 0 bridgehead atoms. The van der Waals surface area contributed by atoms with Crippen LogP contribution in [0.3, 0.4) is 0 Å². The van der Waals surface area contributed by atoms with Crippen LogP contribution >= 0.6 is 11.3 Å². The molecule has 0 spiro atoms. The summed E-state index contributed by atoms with van der Waals surface area (Å²) in [5.41, 5.74) is 4.27. The van der Waals surface area contributed by atoms with Crippen molar-refractivity contribution in [2.24, 2.45) is 0 Å². The molecule has 0 N–H and O–H groups in total. The number of anilines is 1. The van der Waals surface area contributed by atoms with Crippen molar-refractivity contribution >= 4 is 22.2 Å². The van der Waals surface area contributed by atoms with Crippen molar-refractivity contribution in [2.45, 2.75) is 52.1 Å². The molecule has 1 aliphatic carbocycles. The molecule has 1 amide bonds. The fourth-order valence-corrected chi connectivity index (χ4v) is 5.38. The first-order chi connectivity index (χ1) is 11.6. The van der Waals surface area contributed by atoms with E-state index in [0.29, 0.717) is 12.7 Å². The summed E-state index contributed by atoms with van der Waals surface area (Å²) in [6.45, 7) is 5.59. The van der Waals surface area contributed by atoms with Gasteiger partial charge in [-0.1, -0.05) is 30.3 Å². The van der Waals surface area contributed by atoms with E-state index in [1.54, 1.807) is 6.92 Å². The Morgan fingerprint density at radius 1 is 1.12 bits per heavy atom. The minimum Gasteiger partial charge on any atom is -0.290 e. The minimum atomic E-state index is 0.153. The van der Waals surface area contributed by atoms with E-state index >= 15 is 0 Å². The Morgan fingerprint density at radius 2 is 1.88 bits per heavy atom. The van der Waals surface area contributed by atoms with Gasteiger partial charge >= 0.3 is 0 Å². The molecular formula is C20H24N2OS. The van der Waals surface area contributed by atoms with Crippen molar-refractivity contribution in [3.05, 3.63) is 51.9 Å². The van der Waals surface area contributed by atoms with Crippen LogP contribution in [0.15, 0.2) is 30.3 Å². The van der Waals surface area contributed by atoms with Gasteiger partial charge < -0.3 is 0 Å². The lowest BCUT2D eigenvalue weighted by Gasteiger charge is -2.39. The van der Waals surface area contributed by atoms with Gasteiger partial charge in [0, 0.05) is 30.0 Å². The van der Waals surface area contributed by atoms with Crippen LogP contribution in [0.5, 0.6) is 0 Å². The molecule has 4 heteroatoms. The van der Waals surface area contributed by atoms with Gasteiger partial charge in [0.2, 0.25) is 5.91 Å². The van der Waals surface area contributed by atoms with Crippen LogP contribution in [0.4, 0.5) is 5.00 Å². The Morgan fingerprint density at radius 3 is 2.62 bits per heavy atom.